The lowest BCUT2D eigenvalue weighted by Gasteiger charge is -2.58. The summed E-state index contributed by atoms with van der Waals surface area (Å²) >= 11 is 0. The van der Waals surface area contributed by atoms with Crippen LogP contribution in [0.25, 0.3) is 0 Å². The fourth-order valence-corrected chi connectivity index (χ4v) is 8.38. The molecule has 4 rings (SSSR count). The molecule has 0 heterocycles. The van der Waals surface area contributed by atoms with Crippen molar-refractivity contribution in [3.8, 4) is 0 Å². The van der Waals surface area contributed by atoms with Crippen molar-refractivity contribution in [3.05, 3.63) is 23.8 Å². The van der Waals surface area contributed by atoms with Crippen LogP contribution in [0.15, 0.2) is 23.8 Å². The second-order valence-electron chi connectivity index (χ2n) is 12.2. The minimum atomic E-state index is -0.214. The van der Waals surface area contributed by atoms with E-state index in [1.807, 2.05) is 0 Å². The molecular weight excluding hydrogens is 368 g/mol. The Kier molecular flexibility index (Phi) is 6.32. The van der Waals surface area contributed by atoms with Gasteiger partial charge in [0.05, 0.1) is 12.2 Å². The lowest BCUT2D eigenvalue weighted by Crippen LogP contribution is -2.50. The van der Waals surface area contributed by atoms with Gasteiger partial charge in [-0.1, -0.05) is 58.4 Å². The topological polar surface area (TPSA) is 40.5 Å². The summed E-state index contributed by atoms with van der Waals surface area (Å²) in [7, 11) is 0. The van der Waals surface area contributed by atoms with Crippen molar-refractivity contribution >= 4 is 0 Å². The van der Waals surface area contributed by atoms with E-state index in [0.29, 0.717) is 22.7 Å². The summed E-state index contributed by atoms with van der Waals surface area (Å²) in [5.74, 6) is 4.25. The van der Waals surface area contributed by atoms with Crippen molar-refractivity contribution in [2.24, 2.45) is 46.3 Å². The van der Waals surface area contributed by atoms with Crippen LogP contribution in [0, 0.1) is 46.3 Å². The number of hydrogen-bond acceptors (Lipinski definition) is 2. The van der Waals surface area contributed by atoms with Crippen LogP contribution in [0.5, 0.6) is 0 Å². The summed E-state index contributed by atoms with van der Waals surface area (Å²) in [6.45, 7) is 11.8. The SMILES string of the molecule is CC(C)C(O)CC=CC(C)C1CCC2C3CC=C4CC(O)CCC4(C)C3CCC12C. The van der Waals surface area contributed by atoms with E-state index >= 15 is 0 Å². The van der Waals surface area contributed by atoms with E-state index in [-0.39, 0.29) is 12.2 Å². The smallest absolute Gasteiger partial charge is 0.0597 e. The Morgan fingerprint density at radius 2 is 1.83 bits per heavy atom. The summed E-state index contributed by atoms with van der Waals surface area (Å²) < 4.78 is 0. The predicted molar refractivity (Wildman–Crippen MR) is 125 cm³/mol. The second-order valence-corrected chi connectivity index (χ2v) is 12.2. The second kappa shape index (κ2) is 8.39. The zero-order valence-electron chi connectivity index (χ0n) is 20.1. The van der Waals surface area contributed by atoms with Crippen molar-refractivity contribution in [1.29, 1.82) is 0 Å². The Hall–Kier alpha value is -0.600. The molecule has 0 aromatic heterocycles. The Morgan fingerprint density at radius 3 is 2.57 bits per heavy atom. The van der Waals surface area contributed by atoms with Crippen LogP contribution in [0.3, 0.4) is 0 Å². The first-order valence-electron chi connectivity index (χ1n) is 12.9. The van der Waals surface area contributed by atoms with Crippen molar-refractivity contribution in [3.63, 3.8) is 0 Å². The largest absolute Gasteiger partial charge is 0.393 e. The lowest BCUT2D eigenvalue weighted by atomic mass is 9.47. The van der Waals surface area contributed by atoms with E-state index in [2.05, 4.69) is 52.8 Å². The molecule has 0 saturated heterocycles. The molecule has 0 spiro atoms. The standard InChI is InChI=1S/C28H46O2/c1-18(2)26(30)8-6-7-19(3)23-11-12-24-22-10-9-20-17-21(29)13-15-27(20,4)25(22)14-16-28(23,24)5/h6-7,9,18-19,21-26,29-30H,8,10-17H2,1-5H3. The number of allylic oxidation sites excluding steroid dienone is 2. The molecule has 2 nitrogen and oxygen atoms in total. The van der Waals surface area contributed by atoms with Crippen LogP contribution in [-0.4, -0.2) is 22.4 Å². The van der Waals surface area contributed by atoms with Crippen molar-refractivity contribution in [2.75, 3.05) is 0 Å². The first kappa shape index (κ1) is 22.6. The Balaban J connectivity index is 1.48. The fourth-order valence-electron chi connectivity index (χ4n) is 8.38. The molecule has 2 N–H and O–H groups in total. The molecule has 4 aliphatic rings. The van der Waals surface area contributed by atoms with Gasteiger partial charge in [0, 0.05) is 0 Å². The molecule has 0 aliphatic heterocycles. The molecule has 170 valence electrons. The van der Waals surface area contributed by atoms with Gasteiger partial charge in [-0.2, -0.15) is 0 Å². The average Bonchev–Trinajstić information content (AvgIpc) is 3.05. The summed E-state index contributed by atoms with van der Waals surface area (Å²) in [6.07, 6.45) is 17.6. The van der Waals surface area contributed by atoms with E-state index < -0.39 is 0 Å². The summed E-state index contributed by atoms with van der Waals surface area (Å²) in [5.41, 5.74) is 2.40. The average molecular weight is 415 g/mol. The van der Waals surface area contributed by atoms with Gasteiger partial charge in [-0.15, -0.1) is 0 Å². The Labute approximate surface area is 185 Å². The van der Waals surface area contributed by atoms with Crippen LogP contribution in [0.2, 0.25) is 0 Å². The van der Waals surface area contributed by atoms with Gasteiger partial charge >= 0.3 is 0 Å². The summed E-state index contributed by atoms with van der Waals surface area (Å²) in [6, 6.07) is 0. The third-order valence-electron chi connectivity index (χ3n) is 10.4. The zero-order valence-corrected chi connectivity index (χ0v) is 20.1. The molecular formula is C28H46O2. The van der Waals surface area contributed by atoms with E-state index in [9.17, 15) is 10.2 Å². The highest BCUT2D eigenvalue weighted by atomic mass is 16.3. The van der Waals surface area contributed by atoms with Gasteiger partial charge in [0.15, 0.2) is 0 Å². The highest BCUT2D eigenvalue weighted by Crippen LogP contribution is 2.67. The monoisotopic (exact) mass is 414 g/mol. The molecule has 0 amide bonds. The molecule has 3 fully saturated rings. The predicted octanol–water partition coefficient (Wildman–Crippen LogP) is 6.53. The molecule has 4 aliphatic carbocycles. The van der Waals surface area contributed by atoms with Gasteiger partial charge in [0.2, 0.25) is 0 Å². The highest BCUT2D eigenvalue weighted by Gasteiger charge is 2.58. The maximum atomic E-state index is 10.2. The van der Waals surface area contributed by atoms with Crippen LogP contribution in [0.4, 0.5) is 0 Å². The normalized spacial score (nSPS) is 45.6. The minimum absolute atomic E-state index is 0.104. The van der Waals surface area contributed by atoms with E-state index in [0.717, 1.165) is 42.9 Å². The maximum Gasteiger partial charge on any atom is 0.0597 e. The first-order valence-corrected chi connectivity index (χ1v) is 12.9. The first-order chi connectivity index (χ1) is 14.2. The molecule has 9 unspecified atom stereocenters. The maximum absolute atomic E-state index is 10.2. The number of hydrogen-bond donors (Lipinski definition) is 2. The van der Waals surface area contributed by atoms with Gasteiger partial charge < -0.3 is 10.2 Å². The van der Waals surface area contributed by atoms with Gasteiger partial charge in [0.25, 0.3) is 0 Å². The molecule has 0 aromatic carbocycles. The molecule has 3 saturated carbocycles. The van der Waals surface area contributed by atoms with Gasteiger partial charge in [-0.3, -0.25) is 0 Å². The summed E-state index contributed by atoms with van der Waals surface area (Å²) in [5, 5.41) is 20.4. The third kappa shape index (κ3) is 3.75. The molecule has 9 atom stereocenters. The molecule has 0 radical (unpaired) electrons. The van der Waals surface area contributed by atoms with Crippen LogP contribution in [0.1, 0.15) is 92.4 Å². The van der Waals surface area contributed by atoms with Gasteiger partial charge in [-0.25, -0.2) is 0 Å². The highest BCUT2D eigenvalue weighted by molar-refractivity contribution is 5.25. The fraction of sp³-hybridized carbons (Fsp3) is 0.857. The van der Waals surface area contributed by atoms with Gasteiger partial charge in [-0.05, 0) is 104 Å². The summed E-state index contributed by atoms with van der Waals surface area (Å²) in [4.78, 5) is 0. The lowest BCUT2D eigenvalue weighted by molar-refractivity contribution is -0.0540. The third-order valence-corrected chi connectivity index (χ3v) is 10.4. The Morgan fingerprint density at radius 1 is 1.07 bits per heavy atom. The molecule has 0 aromatic rings. The van der Waals surface area contributed by atoms with E-state index in [1.165, 1.54) is 38.5 Å². The van der Waals surface area contributed by atoms with Gasteiger partial charge in [0.1, 0.15) is 0 Å². The van der Waals surface area contributed by atoms with E-state index in [4.69, 9.17) is 0 Å². The van der Waals surface area contributed by atoms with E-state index in [1.54, 1.807) is 5.57 Å². The Bertz CT molecular complexity index is 678. The van der Waals surface area contributed by atoms with Crippen LogP contribution in [-0.2, 0) is 0 Å². The molecule has 0 bridgehead atoms. The molecule has 2 heteroatoms. The molecule has 30 heavy (non-hydrogen) atoms. The van der Waals surface area contributed by atoms with Crippen molar-refractivity contribution in [1.82, 2.24) is 0 Å². The van der Waals surface area contributed by atoms with Crippen molar-refractivity contribution in [2.45, 2.75) is 105 Å². The zero-order chi connectivity index (χ0) is 21.7. The number of aliphatic hydroxyl groups is 2. The van der Waals surface area contributed by atoms with Crippen LogP contribution < -0.4 is 0 Å². The number of aliphatic hydroxyl groups excluding tert-OH is 2. The number of rotatable bonds is 5. The minimum Gasteiger partial charge on any atom is -0.393 e. The van der Waals surface area contributed by atoms with Crippen LogP contribution >= 0.6 is 0 Å². The number of fused-ring (bicyclic) bond motifs is 5. The quantitative estimate of drug-likeness (QED) is 0.502. The van der Waals surface area contributed by atoms with Crippen molar-refractivity contribution < 1.29 is 10.2 Å².